The fraction of sp³-hybridized carbons (Fsp3) is 0.167. The molecule has 2 amide bonds. The van der Waals surface area contributed by atoms with E-state index in [0.29, 0.717) is 10.7 Å². The largest absolute Gasteiger partial charge is 0.379 e. The molecule has 8 nitrogen and oxygen atoms in total. The molecule has 146 valence electrons. The molecule has 1 atom stereocenters. The van der Waals surface area contributed by atoms with Gasteiger partial charge in [-0.15, -0.1) is 5.10 Å². The molecule has 0 unspecified atom stereocenters. The highest BCUT2D eigenvalue weighted by molar-refractivity contribution is 8.14. The molecule has 1 heterocycles. The Balaban J connectivity index is 1.77. The molecule has 0 aromatic heterocycles. The molecule has 0 bridgehead atoms. The van der Waals surface area contributed by atoms with Gasteiger partial charge in [-0.25, -0.2) is 5.01 Å². The van der Waals surface area contributed by atoms with Gasteiger partial charge in [0.15, 0.2) is 5.17 Å². The number of hydrazone groups is 1. The van der Waals surface area contributed by atoms with Crippen molar-refractivity contribution >= 4 is 38.9 Å². The molecular weight excluding hydrogens is 402 g/mol. The van der Waals surface area contributed by atoms with E-state index in [9.17, 15) is 18.0 Å². The molecule has 0 saturated carbocycles. The fourth-order valence-electron chi connectivity index (χ4n) is 2.43. The summed E-state index contributed by atoms with van der Waals surface area (Å²) >= 11 is 1.21. The maximum Gasteiger partial charge on any atom is 0.339 e. The maximum atomic E-state index is 12.3. The van der Waals surface area contributed by atoms with Crippen LogP contribution in [0.5, 0.6) is 5.75 Å². The Hall–Kier alpha value is -2.85. The lowest BCUT2D eigenvalue weighted by Gasteiger charge is -2.19. The minimum absolute atomic E-state index is 0.0570. The second-order valence-electron chi connectivity index (χ2n) is 5.84. The maximum absolute atomic E-state index is 12.3. The summed E-state index contributed by atoms with van der Waals surface area (Å²) < 4.78 is 29.7. The Morgan fingerprint density at radius 3 is 2.29 bits per heavy atom. The van der Waals surface area contributed by atoms with E-state index in [2.05, 4.69) is 10.4 Å². The Bertz CT molecular complexity index is 1020. The van der Waals surface area contributed by atoms with Crippen molar-refractivity contribution in [3.8, 4) is 5.75 Å². The van der Waals surface area contributed by atoms with Crippen LogP contribution in [-0.2, 0) is 19.7 Å². The lowest BCUT2D eigenvalue weighted by Crippen LogP contribution is -2.25. The standard InChI is InChI=1S/C18H17N3O5S2/c1-12(22)19-18-20-21(13(2)23)17(27-18)14-8-10-15(11-9-14)26-28(24,25)16-6-4-3-5-7-16/h3-11,17H,1-2H3,(H,19,20,22)/t17-/m1/s1. The molecule has 3 rings (SSSR count). The summed E-state index contributed by atoms with van der Waals surface area (Å²) in [6.07, 6.45) is 0. The third-order valence-corrected chi connectivity index (χ3v) is 6.02. The van der Waals surface area contributed by atoms with Gasteiger partial charge in [0.25, 0.3) is 0 Å². The van der Waals surface area contributed by atoms with Crippen LogP contribution < -0.4 is 9.50 Å². The number of amides is 2. The van der Waals surface area contributed by atoms with E-state index in [0.717, 1.165) is 0 Å². The first-order chi connectivity index (χ1) is 13.3. The van der Waals surface area contributed by atoms with E-state index in [1.54, 1.807) is 30.3 Å². The number of thioether (sulfide) groups is 1. The van der Waals surface area contributed by atoms with Crippen molar-refractivity contribution in [1.82, 2.24) is 10.3 Å². The van der Waals surface area contributed by atoms with Gasteiger partial charge in [0.2, 0.25) is 11.8 Å². The van der Waals surface area contributed by atoms with Crippen molar-refractivity contribution < 1.29 is 22.2 Å². The quantitative estimate of drug-likeness (QED) is 0.763. The third-order valence-electron chi connectivity index (χ3n) is 3.65. The SMILES string of the molecule is CC(=O)NC1=NN(C(C)=O)[C@@H](c2ccc(OS(=O)(=O)c3ccccc3)cc2)S1. The van der Waals surface area contributed by atoms with Gasteiger partial charge in [0.1, 0.15) is 16.0 Å². The molecule has 0 fully saturated rings. The zero-order valence-corrected chi connectivity index (χ0v) is 16.7. The summed E-state index contributed by atoms with van der Waals surface area (Å²) in [5.74, 6) is -0.428. The van der Waals surface area contributed by atoms with Crippen LogP contribution in [0.2, 0.25) is 0 Å². The van der Waals surface area contributed by atoms with E-state index in [1.807, 2.05) is 0 Å². The van der Waals surface area contributed by atoms with Crippen LogP contribution >= 0.6 is 11.8 Å². The highest BCUT2D eigenvalue weighted by atomic mass is 32.2. The molecule has 2 aromatic carbocycles. The van der Waals surface area contributed by atoms with Crippen LogP contribution in [0.3, 0.4) is 0 Å². The molecule has 2 aromatic rings. The highest BCUT2D eigenvalue weighted by Crippen LogP contribution is 2.39. The monoisotopic (exact) mass is 419 g/mol. The Morgan fingerprint density at radius 1 is 1.07 bits per heavy atom. The average molecular weight is 419 g/mol. The lowest BCUT2D eigenvalue weighted by atomic mass is 10.2. The number of nitrogens with zero attached hydrogens (tertiary/aromatic N) is 2. The Labute approximate surface area is 166 Å². The molecule has 1 aliphatic rings. The highest BCUT2D eigenvalue weighted by Gasteiger charge is 2.32. The van der Waals surface area contributed by atoms with E-state index < -0.39 is 15.5 Å². The summed E-state index contributed by atoms with van der Waals surface area (Å²) in [4.78, 5) is 23.2. The van der Waals surface area contributed by atoms with Gasteiger partial charge in [0, 0.05) is 13.8 Å². The predicted octanol–water partition coefficient (Wildman–Crippen LogP) is 2.46. The second kappa shape index (κ2) is 8.03. The number of rotatable bonds is 4. The van der Waals surface area contributed by atoms with Gasteiger partial charge >= 0.3 is 10.1 Å². The van der Waals surface area contributed by atoms with Crippen LogP contribution in [0.1, 0.15) is 24.8 Å². The number of amidine groups is 1. The van der Waals surface area contributed by atoms with Gasteiger partial charge in [0.05, 0.1) is 0 Å². The van der Waals surface area contributed by atoms with E-state index in [1.165, 1.54) is 54.9 Å². The minimum Gasteiger partial charge on any atom is -0.379 e. The van der Waals surface area contributed by atoms with Crippen molar-refractivity contribution in [3.05, 3.63) is 60.2 Å². The van der Waals surface area contributed by atoms with Crippen molar-refractivity contribution in [1.29, 1.82) is 0 Å². The Morgan fingerprint density at radius 2 is 1.71 bits per heavy atom. The lowest BCUT2D eigenvalue weighted by molar-refractivity contribution is -0.129. The number of benzene rings is 2. The van der Waals surface area contributed by atoms with Gasteiger partial charge in [-0.2, -0.15) is 8.42 Å². The molecule has 1 aliphatic heterocycles. The average Bonchev–Trinajstić information content (AvgIpc) is 3.06. The normalized spacial score (nSPS) is 16.4. The molecule has 0 saturated heterocycles. The van der Waals surface area contributed by atoms with Gasteiger partial charge in [-0.3, -0.25) is 9.59 Å². The first-order valence-electron chi connectivity index (χ1n) is 8.18. The van der Waals surface area contributed by atoms with Crippen LogP contribution in [0, 0.1) is 0 Å². The predicted molar refractivity (Wildman–Crippen MR) is 105 cm³/mol. The number of hydrogen-bond donors (Lipinski definition) is 1. The molecule has 28 heavy (non-hydrogen) atoms. The van der Waals surface area contributed by atoms with Crippen molar-refractivity contribution in [2.45, 2.75) is 24.1 Å². The van der Waals surface area contributed by atoms with Crippen molar-refractivity contribution in [2.75, 3.05) is 0 Å². The summed E-state index contributed by atoms with van der Waals surface area (Å²) in [5, 5.41) is 7.78. The van der Waals surface area contributed by atoms with Gasteiger partial charge < -0.3 is 9.50 Å². The number of carbonyl (C=O) groups excluding carboxylic acids is 2. The fourth-order valence-corrected chi connectivity index (χ4v) is 4.52. The molecular formula is C18H17N3O5S2. The van der Waals surface area contributed by atoms with Gasteiger partial charge in [-0.05, 0) is 29.8 Å². The second-order valence-corrected chi connectivity index (χ2v) is 8.45. The third kappa shape index (κ3) is 4.52. The number of carbonyl (C=O) groups is 2. The summed E-state index contributed by atoms with van der Waals surface area (Å²) in [5.41, 5.74) is 0.703. The summed E-state index contributed by atoms with van der Waals surface area (Å²) in [6.45, 7) is 2.73. The topological polar surface area (TPSA) is 105 Å². The molecule has 1 N–H and O–H groups in total. The van der Waals surface area contributed by atoms with E-state index in [4.69, 9.17) is 4.18 Å². The van der Waals surface area contributed by atoms with Crippen molar-refractivity contribution in [3.63, 3.8) is 0 Å². The van der Waals surface area contributed by atoms with Gasteiger partial charge in [-0.1, -0.05) is 42.1 Å². The van der Waals surface area contributed by atoms with Crippen LogP contribution in [0.4, 0.5) is 0 Å². The van der Waals surface area contributed by atoms with Crippen molar-refractivity contribution in [2.24, 2.45) is 5.10 Å². The molecule has 0 aliphatic carbocycles. The first kappa shape index (κ1) is 19.9. The smallest absolute Gasteiger partial charge is 0.339 e. The Kier molecular flexibility index (Phi) is 5.71. The zero-order valence-electron chi connectivity index (χ0n) is 15.0. The summed E-state index contributed by atoms with van der Waals surface area (Å²) in [7, 11) is -3.93. The molecule has 0 radical (unpaired) electrons. The zero-order chi connectivity index (χ0) is 20.3. The number of nitrogens with one attached hydrogen (secondary N) is 1. The summed E-state index contributed by atoms with van der Waals surface area (Å²) in [6, 6.07) is 14.1. The van der Waals surface area contributed by atoms with Crippen LogP contribution in [0.25, 0.3) is 0 Å². The number of hydrogen-bond acceptors (Lipinski definition) is 7. The molecule has 10 heteroatoms. The van der Waals surface area contributed by atoms with Crippen LogP contribution in [-0.4, -0.2) is 30.4 Å². The molecule has 0 spiro atoms. The first-order valence-corrected chi connectivity index (χ1v) is 10.5. The van der Waals surface area contributed by atoms with E-state index >= 15 is 0 Å². The van der Waals surface area contributed by atoms with E-state index in [-0.39, 0.29) is 22.5 Å². The van der Waals surface area contributed by atoms with Crippen LogP contribution in [0.15, 0.2) is 64.6 Å². The minimum atomic E-state index is -3.93.